The maximum atomic E-state index is 12.0. The number of amides is 1. The molecular formula is C17H20N2O4S. The number of ether oxygens (including phenoxy) is 1. The summed E-state index contributed by atoms with van der Waals surface area (Å²) in [6.45, 7) is 0.757. The normalized spacial score (nSPS) is 11.0. The van der Waals surface area contributed by atoms with Crippen molar-refractivity contribution in [3.05, 3.63) is 60.7 Å². The lowest BCUT2D eigenvalue weighted by Gasteiger charge is -2.08. The van der Waals surface area contributed by atoms with Crippen molar-refractivity contribution in [2.75, 3.05) is 19.7 Å². The van der Waals surface area contributed by atoms with Crippen molar-refractivity contribution >= 4 is 15.9 Å². The molecule has 24 heavy (non-hydrogen) atoms. The quantitative estimate of drug-likeness (QED) is 0.674. The van der Waals surface area contributed by atoms with Crippen LogP contribution >= 0.6 is 0 Å². The van der Waals surface area contributed by atoms with E-state index in [-0.39, 0.29) is 23.8 Å². The third kappa shape index (κ3) is 6.02. The number of para-hydroxylation sites is 1. The first-order valence-corrected chi connectivity index (χ1v) is 9.05. The molecular weight excluding hydrogens is 328 g/mol. The predicted molar refractivity (Wildman–Crippen MR) is 91.2 cm³/mol. The highest BCUT2D eigenvalue weighted by Crippen LogP contribution is 2.07. The maximum Gasteiger partial charge on any atom is 0.240 e. The number of carbonyl (C=O) groups is 1. The van der Waals surface area contributed by atoms with E-state index in [1.807, 2.05) is 30.3 Å². The fraction of sp³-hybridized carbons (Fsp3) is 0.235. The van der Waals surface area contributed by atoms with Gasteiger partial charge < -0.3 is 10.1 Å². The molecule has 0 atom stereocenters. The van der Waals surface area contributed by atoms with Gasteiger partial charge in [0.25, 0.3) is 0 Å². The van der Waals surface area contributed by atoms with E-state index in [4.69, 9.17) is 4.74 Å². The van der Waals surface area contributed by atoms with E-state index >= 15 is 0 Å². The Hall–Kier alpha value is -2.38. The molecule has 0 heterocycles. The van der Waals surface area contributed by atoms with Gasteiger partial charge in [0.1, 0.15) is 12.4 Å². The van der Waals surface area contributed by atoms with Crippen molar-refractivity contribution in [3.63, 3.8) is 0 Å². The number of carbonyl (C=O) groups excluding carboxylic acids is 1. The summed E-state index contributed by atoms with van der Waals surface area (Å²) in [5.41, 5.74) is 0. The van der Waals surface area contributed by atoms with E-state index in [0.717, 1.165) is 5.75 Å². The van der Waals surface area contributed by atoms with Crippen LogP contribution in [0.5, 0.6) is 5.75 Å². The monoisotopic (exact) mass is 348 g/mol. The number of nitrogens with one attached hydrogen (secondary N) is 2. The lowest BCUT2D eigenvalue weighted by molar-refractivity contribution is -0.121. The molecule has 0 unspecified atom stereocenters. The Balaban J connectivity index is 1.63. The molecule has 2 rings (SSSR count). The van der Waals surface area contributed by atoms with Gasteiger partial charge in [-0.05, 0) is 24.3 Å². The van der Waals surface area contributed by atoms with E-state index in [1.165, 1.54) is 12.1 Å². The second kappa shape index (κ2) is 9.05. The molecule has 1 amide bonds. The van der Waals surface area contributed by atoms with E-state index in [9.17, 15) is 13.2 Å². The zero-order valence-corrected chi connectivity index (χ0v) is 14.0. The number of sulfonamides is 1. The van der Waals surface area contributed by atoms with E-state index in [0.29, 0.717) is 13.2 Å². The summed E-state index contributed by atoms with van der Waals surface area (Å²) in [4.78, 5) is 11.9. The lowest BCUT2D eigenvalue weighted by Crippen LogP contribution is -2.32. The van der Waals surface area contributed by atoms with Crippen LogP contribution in [-0.4, -0.2) is 34.0 Å². The topological polar surface area (TPSA) is 84.5 Å². The van der Waals surface area contributed by atoms with Crippen molar-refractivity contribution < 1.29 is 17.9 Å². The third-order valence-electron chi connectivity index (χ3n) is 3.13. The average molecular weight is 348 g/mol. The molecule has 0 fully saturated rings. The predicted octanol–water partition coefficient (Wildman–Crippen LogP) is 1.55. The molecule has 2 N–H and O–H groups in total. The molecule has 0 bridgehead atoms. The van der Waals surface area contributed by atoms with Crippen molar-refractivity contribution in [2.24, 2.45) is 0 Å². The second-order valence-electron chi connectivity index (χ2n) is 4.97. The van der Waals surface area contributed by atoms with Crippen LogP contribution in [0.3, 0.4) is 0 Å². The second-order valence-corrected chi connectivity index (χ2v) is 6.74. The van der Waals surface area contributed by atoms with Gasteiger partial charge in [0.15, 0.2) is 0 Å². The Morgan fingerprint density at radius 2 is 1.54 bits per heavy atom. The number of rotatable bonds is 9. The van der Waals surface area contributed by atoms with Gasteiger partial charge in [0.05, 0.1) is 11.4 Å². The van der Waals surface area contributed by atoms with Crippen molar-refractivity contribution in [2.45, 2.75) is 11.3 Å². The van der Waals surface area contributed by atoms with Crippen LogP contribution in [0.15, 0.2) is 65.6 Å². The Morgan fingerprint density at radius 1 is 0.917 bits per heavy atom. The van der Waals surface area contributed by atoms with Crippen molar-refractivity contribution in [3.8, 4) is 5.75 Å². The maximum absolute atomic E-state index is 12.0. The molecule has 2 aromatic rings. The van der Waals surface area contributed by atoms with Crippen molar-refractivity contribution in [1.29, 1.82) is 0 Å². The zero-order valence-electron chi connectivity index (χ0n) is 13.1. The van der Waals surface area contributed by atoms with Gasteiger partial charge in [-0.1, -0.05) is 36.4 Å². The molecule has 0 aliphatic heterocycles. The Kier molecular flexibility index (Phi) is 6.77. The molecule has 0 aliphatic carbocycles. The fourth-order valence-corrected chi connectivity index (χ4v) is 3.00. The van der Waals surface area contributed by atoms with E-state index < -0.39 is 10.0 Å². The summed E-state index contributed by atoms with van der Waals surface area (Å²) in [7, 11) is -3.57. The van der Waals surface area contributed by atoms with Gasteiger partial charge in [0.2, 0.25) is 15.9 Å². The molecule has 7 heteroatoms. The first-order valence-electron chi connectivity index (χ1n) is 7.57. The summed E-state index contributed by atoms with van der Waals surface area (Å²) >= 11 is 0. The molecule has 0 aliphatic rings. The minimum absolute atomic E-state index is 0.0442. The van der Waals surface area contributed by atoms with Crippen molar-refractivity contribution in [1.82, 2.24) is 10.0 Å². The zero-order chi connectivity index (χ0) is 17.3. The van der Waals surface area contributed by atoms with E-state index in [1.54, 1.807) is 18.2 Å². The van der Waals surface area contributed by atoms with Crippen LogP contribution in [-0.2, 0) is 14.8 Å². The molecule has 0 aromatic heterocycles. The van der Waals surface area contributed by atoms with Gasteiger partial charge >= 0.3 is 0 Å². The summed E-state index contributed by atoms with van der Waals surface area (Å²) in [5.74, 6) is 0.504. The summed E-state index contributed by atoms with van der Waals surface area (Å²) in [5, 5.41) is 2.68. The minimum Gasteiger partial charge on any atom is -0.492 e. The fourth-order valence-electron chi connectivity index (χ4n) is 1.95. The van der Waals surface area contributed by atoms with Crippen LogP contribution in [0.1, 0.15) is 6.42 Å². The minimum atomic E-state index is -3.57. The molecule has 0 spiro atoms. The first kappa shape index (κ1) is 18.0. The van der Waals surface area contributed by atoms with Crippen LogP contribution < -0.4 is 14.8 Å². The van der Waals surface area contributed by atoms with Crippen LogP contribution in [0.4, 0.5) is 0 Å². The summed E-state index contributed by atoms with van der Waals surface area (Å²) in [6.07, 6.45) is 0.0669. The van der Waals surface area contributed by atoms with Gasteiger partial charge in [-0.2, -0.15) is 0 Å². The molecule has 0 radical (unpaired) electrons. The number of benzene rings is 2. The Labute approximate surface area is 141 Å². The summed E-state index contributed by atoms with van der Waals surface area (Å²) < 4.78 is 31.8. The molecule has 2 aromatic carbocycles. The van der Waals surface area contributed by atoms with Gasteiger partial charge in [-0.25, -0.2) is 13.1 Å². The van der Waals surface area contributed by atoms with Crippen LogP contribution in [0.2, 0.25) is 0 Å². The highest BCUT2D eigenvalue weighted by molar-refractivity contribution is 7.89. The SMILES string of the molecule is O=C(CCNS(=O)(=O)c1ccccc1)NCCOc1ccccc1. The van der Waals surface area contributed by atoms with Crippen LogP contribution in [0.25, 0.3) is 0 Å². The average Bonchev–Trinajstić information content (AvgIpc) is 2.60. The van der Waals surface area contributed by atoms with Gasteiger partial charge in [0, 0.05) is 13.0 Å². The highest BCUT2D eigenvalue weighted by atomic mass is 32.2. The summed E-state index contributed by atoms with van der Waals surface area (Å²) in [6, 6.07) is 17.3. The van der Waals surface area contributed by atoms with Gasteiger partial charge in [-0.3, -0.25) is 4.79 Å². The molecule has 0 saturated carbocycles. The highest BCUT2D eigenvalue weighted by Gasteiger charge is 2.13. The lowest BCUT2D eigenvalue weighted by atomic mass is 10.3. The third-order valence-corrected chi connectivity index (χ3v) is 4.61. The Bertz CT molecular complexity index is 734. The number of hydrogen-bond acceptors (Lipinski definition) is 4. The molecule has 6 nitrogen and oxygen atoms in total. The largest absolute Gasteiger partial charge is 0.492 e. The standard InChI is InChI=1S/C17H20N2O4S/c20-17(18-13-14-23-15-7-3-1-4-8-15)11-12-19-24(21,22)16-9-5-2-6-10-16/h1-10,19H,11-14H2,(H,18,20). The number of hydrogen-bond donors (Lipinski definition) is 2. The molecule has 128 valence electrons. The van der Waals surface area contributed by atoms with Crippen LogP contribution in [0, 0.1) is 0 Å². The van der Waals surface area contributed by atoms with E-state index in [2.05, 4.69) is 10.0 Å². The Morgan fingerprint density at radius 3 is 2.21 bits per heavy atom. The smallest absolute Gasteiger partial charge is 0.240 e. The molecule has 0 saturated heterocycles. The first-order chi connectivity index (χ1) is 11.6. The van der Waals surface area contributed by atoms with Gasteiger partial charge in [-0.15, -0.1) is 0 Å².